The zero-order valence-corrected chi connectivity index (χ0v) is 20.1. The second-order valence-electron chi connectivity index (χ2n) is 8.19. The molecule has 1 N–H and O–H groups in total. The average molecular weight is 459 g/mol. The number of para-hydroxylation sites is 1. The summed E-state index contributed by atoms with van der Waals surface area (Å²) in [7, 11) is 6.71. The van der Waals surface area contributed by atoms with Crippen LogP contribution in [0.1, 0.15) is 17.5 Å². The average Bonchev–Trinajstić information content (AvgIpc) is 3.25. The highest BCUT2D eigenvalue weighted by Gasteiger charge is 2.17. The van der Waals surface area contributed by atoms with Gasteiger partial charge in [0.1, 0.15) is 5.75 Å². The Morgan fingerprint density at radius 2 is 1.62 bits per heavy atom. The molecule has 0 fully saturated rings. The molecule has 0 atom stereocenters. The first kappa shape index (κ1) is 23.2. The molecule has 0 aliphatic carbocycles. The van der Waals surface area contributed by atoms with Crippen LogP contribution in [0.2, 0.25) is 0 Å². The molecule has 176 valence electrons. The number of aryl methyl sites for hydroxylation is 1. The van der Waals surface area contributed by atoms with Gasteiger partial charge in [0.05, 0.1) is 21.3 Å². The number of carbonyl (C=O) groups is 1. The monoisotopic (exact) mass is 458 g/mol. The van der Waals surface area contributed by atoms with Gasteiger partial charge in [-0.25, -0.2) is 0 Å². The van der Waals surface area contributed by atoms with Crippen molar-refractivity contribution in [2.45, 2.75) is 19.4 Å². The highest BCUT2D eigenvalue weighted by Crippen LogP contribution is 2.32. The van der Waals surface area contributed by atoms with Crippen LogP contribution in [0.4, 0.5) is 0 Å². The van der Waals surface area contributed by atoms with Crippen molar-refractivity contribution in [3.63, 3.8) is 0 Å². The summed E-state index contributed by atoms with van der Waals surface area (Å²) in [6, 6.07) is 21.9. The van der Waals surface area contributed by atoms with Crippen molar-refractivity contribution in [3.05, 3.63) is 77.9 Å². The Balaban J connectivity index is 1.52. The van der Waals surface area contributed by atoms with Crippen molar-refractivity contribution in [3.8, 4) is 28.5 Å². The van der Waals surface area contributed by atoms with E-state index < -0.39 is 0 Å². The lowest BCUT2D eigenvalue weighted by atomic mass is 10.0. The molecule has 0 unspecified atom stereocenters. The van der Waals surface area contributed by atoms with Gasteiger partial charge in [-0.1, -0.05) is 24.3 Å². The van der Waals surface area contributed by atoms with E-state index in [2.05, 4.69) is 17.1 Å². The van der Waals surface area contributed by atoms with E-state index in [0.29, 0.717) is 30.9 Å². The van der Waals surface area contributed by atoms with E-state index in [1.54, 1.807) is 26.2 Å². The first-order chi connectivity index (χ1) is 16.5. The molecule has 3 aromatic carbocycles. The lowest BCUT2D eigenvalue weighted by Gasteiger charge is -2.18. The Labute approximate surface area is 200 Å². The van der Waals surface area contributed by atoms with E-state index in [0.717, 1.165) is 39.0 Å². The van der Waals surface area contributed by atoms with Crippen LogP contribution in [0.3, 0.4) is 0 Å². The van der Waals surface area contributed by atoms with Gasteiger partial charge in [-0.15, -0.1) is 0 Å². The normalized spacial score (nSPS) is 10.8. The van der Waals surface area contributed by atoms with Crippen LogP contribution in [0, 0.1) is 0 Å². The van der Waals surface area contributed by atoms with E-state index >= 15 is 0 Å². The Bertz CT molecular complexity index is 1280. The number of aromatic amines is 1. The number of amides is 1. The molecule has 34 heavy (non-hydrogen) atoms. The zero-order valence-electron chi connectivity index (χ0n) is 20.1. The summed E-state index contributed by atoms with van der Waals surface area (Å²) in [6.07, 6.45) is 1.05. The molecule has 0 spiro atoms. The third-order valence-corrected chi connectivity index (χ3v) is 6.07. The molecule has 0 saturated carbocycles. The number of nitrogens with one attached hydrogen (secondary N) is 1. The topological polar surface area (TPSA) is 63.8 Å². The molecule has 1 heterocycles. The van der Waals surface area contributed by atoms with Gasteiger partial charge in [-0.3, -0.25) is 4.79 Å². The van der Waals surface area contributed by atoms with Crippen molar-refractivity contribution >= 4 is 16.8 Å². The summed E-state index contributed by atoms with van der Waals surface area (Å²) < 4.78 is 16.0. The number of ether oxygens (including phenoxy) is 3. The van der Waals surface area contributed by atoms with Gasteiger partial charge in [-0.2, -0.15) is 0 Å². The van der Waals surface area contributed by atoms with Crippen LogP contribution in [0.15, 0.2) is 66.7 Å². The first-order valence-electron chi connectivity index (χ1n) is 11.2. The second kappa shape index (κ2) is 10.3. The van der Waals surface area contributed by atoms with E-state index in [-0.39, 0.29) is 5.91 Å². The molecule has 0 bridgehead atoms. The number of benzene rings is 3. The molecule has 1 amide bonds. The van der Waals surface area contributed by atoms with Gasteiger partial charge in [0, 0.05) is 36.6 Å². The van der Waals surface area contributed by atoms with E-state index in [1.165, 1.54) is 0 Å². The van der Waals surface area contributed by atoms with E-state index in [1.807, 2.05) is 61.6 Å². The third kappa shape index (κ3) is 4.86. The summed E-state index contributed by atoms with van der Waals surface area (Å²) in [5.41, 5.74) is 5.31. The molecule has 6 nitrogen and oxygen atoms in total. The number of fused-ring (bicyclic) bond motifs is 1. The van der Waals surface area contributed by atoms with Crippen molar-refractivity contribution in [1.82, 2.24) is 9.88 Å². The van der Waals surface area contributed by atoms with Crippen molar-refractivity contribution < 1.29 is 19.0 Å². The molecule has 6 heteroatoms. The smallest absolute Gasteiger partial charge is 0.222 e. The number of hydrogen-bond donors (Lipinski definition) is 1. The van der Waals surface area contributed by atoms with Crippen molar-refractivity contribution in [1.29, 1.82) is 0 Å². The number of aromatic nitrogens is 1. The van der Waals surface area contributed by atoms with Gasteiger partial charge in [0.15, 0.2) is 11.5 Å². The standard InChI is InChI=1S/C28H30N2O4/c1-30(18-19-9-15-25(33-3)26(17-19)34-4)27(31)16-14-23-22-7-5-6-8-24(22)29-28(23)20-10-12-21(32-2)13-11-20/h5-13,15,17,29H,14,16,18H2,1-4H3. The summed E-state index contributed by atoms with van der Waals surface area (Å²) in [6.45, 7) is 0.498. The molecule has 0 aliphatic heterocycles. The summed E-state index contributed by atoms with van der Waals surface area (Å²) in [4.78, 5) is 18.3. The summed E-state index contributed by atoms with van der Waals surface area (Å²) in [5.74, 6) is 2.23. The minimum Gasteiger partial charge on any atom is -0.497 e. The Hall–Kier alpha value is -3.93. The molecule has 0 radical (unpaired) electrons. The number of methoxy groups -OCH3 is 3. The minimum atomic E-state index is 0.0840. The van der Waals surface area contributed by atoms with Gasteiger partial charge in [0.2, 0.25) is 5.91 Å². The lowest BCUT2D eigenvalue weighted by Crippen LogP contribution is -2.26. The quantitative estimate of drug-likeness (QED) is 0.362. The van der Waals surface area contributed by atoms with E-state index in [4.69, 9.17) is 14.2 Å². The molecule has 4 rings (SSSR count). The number of H-pyrrole nitrogens is 1. The lowest BCUT2D eigenvalue weighted by molar-refractivity contribution is -0.130. The molecule has 0 saturated heterocycles. The number of nitrogens with zero attached hydrogens (tertiary/aromatic N) is 1. The number of hydrogen-bond acceptors (Lipinski definition) is 4. The second-order valence-corrected chi connectivity index (χ2v) is 8.19. The van der Waals surface area contributed by atoms with Crippen LogP contribution in [-0.4, -0.2) is 44.2 Å². The fraction of sp³-hybridized carbons (Fsp3) is 0.250. The maximum absolute atomic E-state index is 13.0. The molecule has 4 aromatic rings. The maximum atomic E-state index is 13.0. The zero-order chi connectivity index (χ0) is 24.1. The van der Waals surface area contributed by atoms with Crippen LogP contribution in [0.25, 0.3) is 22.2 Å². The fourth-order valence-electron chi connectivity index (χ4n) is 4.23. The van der Waals surface area contributed by atoms with Crippen LogP contribution < -0.4 is 14.2 Å². The molecule has 0 aliphatic rings. The summed E-state index contributed by atoms with van der Waals surface area (Å²) >= 11 is 0. The SMILES string of the molecule is COc1ccc(-c2[nH]c3ccccc3c2CCC(=O)N(C)Cc2ccc(OC)c(OC)c2)cc1. The Kier molecular flexibility index (Phi) is 7.07. The van der Waals surface area contributed by atoms with Gasteiger partial charge >= 0.3 is 0 Å². The predicted octanol–water partition coefficient (Wildman–Crippen LogP) is 5.45. The maximum Gasteiger partial charge on any atom is 0.222 e. The van der Waals surface area contributed by atoms with Gasteiger partial charge < -0.3 is 24.1 Å². The summed E-state index contributed by atoms with van der Waals surface area (Å²) in [5, 5.41) is 1.14. The van der Waals surface area contributed by atoms with Crippen LogP contribution in [-0.2, 0) is 17.8 Å². The van der Waals surface area contributed by atoms with Crippen molar-refractivity contribution in [2.75, 3.05) is 28.4 Å². The Morgan fingerprint density at radius 3 is 2.32 bits per heavy atom. The number of carbonyl (C=O) groups excluding carboxylic acids is 1. The molecular weight excluding hydrogens is 428 g/mol. The molecule has 1 aromatic heterocycles. The fourth-order valence-corrected chi connectivity index (χ4v) is 4.23. The van der Waals surface area contributed by atoms with Crippen molar-refractivity contribution in [2.24, 2.45) is 0 Å². The van der Waals surface area contributed by atoms with Gasteiger partial charge in [0.25, 0.3) is 0 Å². The highest BCUT2D eigenvalue weighted by molar-refractivity contribution is 5.91. The van der Waals surface area contributed by atoms with Gasteiger partial charge in [-0.05, 0) is 65.6 Å². The van der Waals surface area contributed by atoms with E-state index in [9.17, 15) is 4.79 Å². The third-order valence-electron chi connectivity index (χ3n) is 6.07. The minimum absolute atomic E-state index is 0.0840. The van der Waals surface area contributed by atoms with Crippen LogP contribution >= 0.6 is 0 Å². The first-order valence-corrected chi connectivity index (χ1v) is 11.2. The van der Waals surface area contributed by atoms with Crippen LogP contribution in [0.5, 0.6) is 17.2 Å². The molecular formula is C28H30N2O4. The largest absolute Gasteiger partial charge is 0.497 e. The predicted molar refractivity (Wildman–Crippen MR) is 135 cm³/mol. The number of rotatable bonds is 9. The highest BCUT2D eigenvalue weighted by atomic mass is 16.5. The Morgan fingerprint density at radius 1 is 0.882 bits per heavy atom.